The van der Waals surface area contributed by atoms with Gasteiger partial charge in [0.25, 0.3) is 11.4 Å². The van der Waals surface area contributed by atoms with Crippen molar-refractivity contribution in [3.63, 3.8) is 0 Å². The van der Waals surface area contributed by atoms with Gasteiger partial charge in [0.15, 0.2) is 5.82 Å². The number of hydrogen-bond acceptors (Lipinski definition) is 5. The van der Waals surface area contributed by atoms with E-state index in [1.165, 1.54) is 4.57 Å². The van der Waals surface area contributed by atoms with Crippen molar-refractivity contribution in [3.05, 3.63) is 64.3 Å². The lowest BCUT2D eigenvalue weighted by molar-refractivity contribution is 0.184. The third-order valence-electron chi connectivity index (χ3n) is 5.48. The fourth-order valence-electron chi connectivity index (χ4n) is 3.74. The summed E-state index contributed by atoms with van der Waals surface area (Å²) in [6.07, 6.45) is 5.31. The second-order valence-electron chi connectivity index (χ2n) is 7.60. The number of carbonyl (C=O) groups excluding carboxylic acids is 1. The molecule has 1 aliphatic heterocycles. The molecule has 8 nitrogen and oxygen atoms in total. The number of amides is 2. The lowest BCUT2D eigenvalue weighted by Crippen LogP contribution is -2.40. The van der Waals surface area contributed by atoms with Crippen LogP contribution in [0.15, 0.2) is 51.9 Å². The molecular formula is C22H25N5O3. The number of benzene rings is 1. The smallest absolute Gasteiger partial charge is 0.322 e. The molecule has 3 aromatic rings. The second kappa shape index (κ2) is 8.52. The monoisotopic (exact) mass is 407 g/mol. The van der Waals surface area contributed by atoms with E-state index in [4.69, 9.17) is 4.52 Å². The molecule has 0 saturated carbocycles. The second-order valence-corrected chi connectivity index (χ2v) is 7.60. The number of pyridine rings is 1. The van der Waals surface area contributed by atoms with E-state index in [-0.39, 0.29) is 17.6 Å². The maximum Gasteiger partial charge on any atom is 0.322 e. The van der Waals surface area contributed by atoms with Gasteiger partial charge >= 0.3 is 6.03 Å². The first kappa shape index (κ1) is 19.9. The Morgan fingerprint density at radius 2 is 1.97 bits per heavy atom. The molecule has 0 spiro atoms. The van der Waals surface area contributed by atoms with Gasteiger partial charge in [0.05, 0.1) is 6.04 Å². The number of anilines is 1. The Labute approximate surface area is 174 Å². The average molecular weight is 407 g/mol. The minimum absolute atomic E-state index is 0.236. The van der Waals surface area contributed by atoms with Gasteiger partial charge in [-0.3, -0.25) is 4.79 Å². The van der Waals surface area contributed by atoms with Crippen LogP contribution in [0.4, 0.5) is 10.5 Å². The van der Waals surface area contributed by atoms with E-state index in [0.717, 1.165) is 36.8 Å². The molecule has 156 valence electrons. The molecular weight excluding hydrogens is 382 g/mol. The topological polar surface area (TPSA) is 93.3 Å². The summed E-state index contributed by atoms with van der Waals surface area (Å²) in [5, 5.41) is 7.00. The van der Waals surface area contributed by atoms with Crippen LogP contribution >= 0.6 is 0 Å². The van der Waals surface area contributed by atoms with Crippen molar-refractivity contribution in [2.45, 2.75) is 38.6 Å². The molecule has 1 fully saturated rings. The van der Waals surface area contributed by atoms with Gasteiger partial charge in [-0.2, -0.15) is 4.98 Å². The van der Waals surface area contributed by atoms with Gasteiger partial charge in [-0.25, -0.2) is 4.79 Å². The number of aryl methyl sites for hydroxylation is 2. The number of carbonyl (C=O) groups is 1. The molecule has 0 radical (unpaired) electrons. The Hall–Kier alpha value is -3.42. The molecule has 8 heteroatoms. The number of aromatic nitrogens is 3. The van der Waals surface area contributed by atoms with Gasteiger partial charge in [-0.1, -0.05) is 36.2 Å². The molecule has 1 N–H and O–H groups in total. The van der Waals surface area contributed by atoms with E-state index < -0.39 is 0 Å². The van der Waals surface area contributed by atoms with Crippen LogP contribution in [0.25, 0.3) is 11.5 Å². The molecule has 1 atom stereocenters. The Morgan fingerprint density at radius 3 is 2.77 bits per heavy atom. The van der Waals surface area contributed by atoms with Crippen LogP contribution in [0.3, 0.4) is 0 Å². The van der Waals surface area contributed by atoms with Crippen molar-refractivity contribution >= 4 is 11.7 Å². The normalized spacial score (nSPS) is 16.9. The maximum absolute atomic E-state index is 13.2. The summed E-state index contributed by atoms with van der Waals surface area (Å²) in [7, 11) is 1.66. The zero-order valence-corrected chi connectivity index (χ0v) is 17.2. The molecule has 4 rings (SSSR count). The molecule has 0 bridgehead atoms. The molecule has 2 amide bonds. The van der Waals surface area contributed by atoms with Crippen molar-refractivity contribution in [2.24, 2.45) is 7.05 Å². The summed E-state index contributed by atoms with van der Waals surface area (Å²) >= 11 is 0. The first-order valence-electron chi connectivity index (χ1n) is 10.2. The first-order chi connectivity index (χ1) is 14.5. The lowest BCUT2D eigenvalue weighted by atomic mass is 10.1. The van der Waals surface area contributed by atoms with Crippen molar-refractivity contribution < 1.29 is 9.32 Å². The van der Waals surface area contributed by atoms with Crippen LogP contribution in [0.2, 0.25) is 0 Å². The summed E-state index contributed by atoms with van der Waals surface area (Å²) in [6.45, 7) is 2.38. The van der Waals surface area contributed by atoms with Crippen molar-refractivity contribution in [2.75, 3.05) is 11.9 Å². The Morgan fingerprint density at radius 1 is 1.17 bits per heavy atom. The summed E-state index contributed by atoms with van der Waals surface area (Å²) in [4.78, 5) is 31.9. The van der Waals surface area contributed by atoms with Crippen LogP contribution in [-0.2, 0) is 7.05 Å². The standard InChI is InChI=1S/C22H25N5O3/c1-15-12-14-26(2)21(28)18(15)23-22(29)27-13-8-4-7-11-17(27)19-24-20(30-25-19)16-9-5-3-6-10-16/h3,5-6,9-10,12,14,17H,4,7-8,11,13H2,1-2H3,(H,23,29). The van der Waals surface area contributed by atoms with E-state index >= 15 is 0 Å². The van der Waals surface area contributed by atoms with Gasteiger partial charge in [-0.05, 0) is 43.5 Å². The quantitative estimate of drug-likeness (QED) is 0.711. The number of hydrogen-bond donors (Lipinski definition) is 1. The Balaban J connectivity index is 1.61. The highest BCUT2D eigenvalue weighted by Gasteiger charge is 2.31. The molecule has 1 unspecified atom stereocenters. The van der Waals surface area contributed by atoms with Gasteiger partial charge in [0.2, 0.25) is 0 Å². The largest absolute Gasteiger partial charge is 0.334 e. The van der Waals surface area contributed by atoms with Crippen molar-refractivity contribution in [3.8, 4) is 11.5 Å². The van der Waals surface area contributed by atoms with Crippen LogP contribution in [0, 0.1) is 6.92 Å². The van der Waals surface area contributed by atoms with Gasteiger partial charge < -0.3 is 19.3 Å². The van der Waals surface area contributed by atoms with E-state index in [2.05, 4.69) is 15.5 Å². The highest BCUT2D eigenvalue weighted by atomic mass is 16.5. The van der Waals surface area contributed by atoms with Crippen LogP contribution in [0.1, 0.15) is 43.1 Å². The molecule has 30 heavy (non-hydrogen) atoms. The van der Waals surface area contributed by atoms with Crippen LogP contribution in [0.5, 0.6) is 0 Å². The van der Waals surface area contributed by atoms with Crippen LogP contribution in [-0.4, -0.2) is 32.2 Å². The highest BCUT2D eigenvalue weighted by Crippen LogP contribution is 2.30. The number of urea groups is 1. The Bertz CT molecular complexity index is 1090. The van der Waals surface area contributed by atoms with Crippen molar-refractivity contribution in [1.82, 2.24) is 19.6 Å². The number of nitrogens with zero attached hydrogens (tertiary/aromatic N) is 4. The summed E-state index contributed by atoms with van der Waals surface area (Å²) in [5.41, 5.74) is 1.62. The third-order valence-corrected chi connectivity index (χ3v) is 5.48. The van der Waals surface area contributed by atoms with E-state index in [0.29, 0.717) is 23.9 Å². The first-order valence-corrected chi connectivity index (χ1v) is 10.2. The van der Waals surface area contributed by atoms with Gasteiger partial charge in [0, 0.05) is 25.4 Å². The van der Waals surface area contributed by atoms with Crippen LogP contribution < -0.4 is 10.9 Å². The molecule has 1 saturated heterocycles. The molecule has 0 aliphatic carbocycles. The molecule has 1 aromatic carbocycles. The van der Waals surface area contributed by atoms with Crippen molar-refractivity contribution in [1.29, 1.82) is 0 Å². The van der Waals surface area contributed by atoms with Gasteiger partial charge in [-0.15, -0.1) is 0 Å². The third kappa shape index (κ3) is 3.98. The number of rotatable bonds is 3. The molecule has 1 aliphatic rings. The lowest BCUT2D eigenvalue weighted by Gasteiger charge is -2.28. The zero-order valence-electron chi connectivity index (χ0n) is 17.2. The summed E-state index contributed by atoms with van der Waals surface area (Å²) in [6, 6.07) is 10.7. The van der Waals surface area contributed by atoms with E-state index in [1.807, 2.05) is 43.3 Å². The molecule has 3 heterocycles. The predicted octanol–water partition coefficient (Wildman–Crippen LogP) is 3.89. The minimum Gasteiger partial charge on any atom is -0.334 e. The highest BCUT2D eigenvalue weighted by molar-refractivity contribution is 5.90. The van der Waals surface area contributed by atoms with E-state index in [1.54, 1.807) is 18.1 Å². The van der Waals surface area contributed by atoms with E-state index in [9.17, 15) is 9.59 Å². The van der Waals surface area contributed by atoms with Gasteiger partial charge in [0.1, 0.15) is 5.69 Å². The average Bonchev–Trinajstić information content (AvgIpc) is 3.12. The fourth-order valence-corrected chi connectivity index (χ4v) is 3.74. The Kier molecular flexibility index (Phi) is 5.65. The number of nitrogens with one attached hydrogen (secondary N) is 1. The fraction of sp³-hybridized carbons (Fsp3) is 0.364. The zero-order chi connectivity index (χ0) is 21.1. The maximum atomic E-state index is 13.2. The predicted molar refractivity (Wildman–Crippen MR) is 113 cm³/mol. The minimum atomic E-state index is -0.320. The summed E-state index contributed by atoms with van der Waals surface area (Å²) < 4.78 is 6.92. The number of likely N-dealkylation sites (tertiary alicyclic amines) is 1. The summed E-state index contributed by atoms with van der Waals surface area (Å²) in [5.74, 6) is 0.923. The molecule has 2 aromatic heterocycles. The SMILES string of the molecule is Cc1ccn(C)c(=O)c1NC(=O)N1CCCCCC1c1noc(-c2ccccc2)n1.